The van der Waals surface area contributed by atoms with Crippen LogP contribution in [0.5, 0.6) is 0 Å². The predicted octanol–water partition coefficient (Wildman–Crippen LogP) is 4.58. The minimum absolute atomic E-state index is 0.0229. The summed E-state index contributed by atoms with van der Waals surface area (Å²) in [5.41, 5.74) is 3.00. The van der Waals surface area contributed by atoms with Gasteiger partial charge in [-0.2, -0.15) is 4.99 Å². The number of hydrogen-bond donors (Lipinski definition) is 0. The van der Waals surface area contributed by atoms with Crippen LogP contribution >= 0.6 is 0 Å². The highest BCUT2D eigenvalue weighted by Crippen LogP contribution is 2.49. The van der Waals surface area contributed by atoms with Crippen LogP contribution in [-0.2, 0) is 15.0 Å². The molecule has 1 fully saturated rings. The van der Waals surface area contributed by atoms with Crippen LogP contribution in [0.25, 0.3) is 0 Å². The predicted molar refractivity (Wildman–Crippen MR) is 96.5 cm³/mol. The van der Waals surface area contributed by atoms with Crippen LogP contribution in [-0.4, -0.2) is 18.2 Å². The maximum absolute atomic E-state index is 10.7. The van der Waals surface area contributed by atoms with Crippen LogP contribution in [0.2, 0.25) is 0 Å². The van der Waals surface area contributed by atoms with Crippen molar-refractivity contribution in [3.63, 3.8) is 0 Å². The zero-order valence-electron chi connectivity index (χ0n) is 14.2. The average molecular weight is 332 g/mol. The largest absolute Gasteiger partial charge is 0.240 e. The molecular formula is C21H20N2O2. The molecule has 2 aromatic carbocycles. The Morgan fingerprint density at radius 3 is 2.36 bits per heavy atom. The molecule has 4 heteroatoms. The van der Waals surface area contributed by atoms with Crippen molar-refractivity contribution < 1.29 is 9.59 Å². The van der Waals surface area contributed by atoms with Crippen molar-refractivity contribution in [1.29, 1.82) is 0 Å². The molecule has 0 amide bonds. The molecule has 2 aromatic rings. The van der Waals surface area contributed by atoms with E-state index in [0.29, 0.717) is 5.69 Å². The van der Waals surface area contributed by atoms with E-state index in [1.165, 1.54) is 11.1 Å². The van der Waals surface area contributed by atoms with Crippen molar-refractivity contribution in [2.45, 2.75) is 43.6 Å². The molecule has 0 saturated heterocycles. The Hall–Kier alpha value is -2.80. The fourth-order valence-electron chi connectivity index (χ4n) is 3.99. The summed E-state index contributed by atoms with van der Waals surface area (Å²) < 4.78 is 0. The van der Waals surface area contributed by atoms with Crippen molar-refractivity contribution in [2.24, 2.45) is 9.98 Å². The zero-order chi connectivity index (χ0) is 17.7. The van der Waals surface area contributed by atoms with E-state index in [1.54, 1.807) is 12.2 Å². The van der Waals surface area contributed by atoms with Gasteiger partial charge in [-0.15, -0.1) is 0 Å². The second-order valence-corrected chi connectivity index (χ2v) is 6.78. The zero-order valence-corrected chi connectivity index (χ0v) is 14.2. The first-order valence-corrected chi connectivity index (χ1v) is 8.47. The van der Waals surface area contributed by atoms with Gasteiger partial charge in [0.15, 0.2) is 0 Å². The molecule has 3 rings (SSSR count). The Balaban J connectivity index is 2.01. The van der Waals surface area contributed by atoms with Gasteiger partial charge in [0.1, 0.15) is 0 Å². The van der Waals surface area contributed by atoms with Gasteiger partial charge in [-0.25, -0.2) is 14.6 Å². The maximum atomic E-state index is 10.7. The first-order valence-electron chi connectivity index (χ1n) is 8.47. The van der Waals surface area contributed by atoms with Gasteiger partial charge in [-0.3, -0.25) is 0 Å². The van der Waals surface area contributed by atoms with E-state index in [1.807, 2.05) is 42.5 Å². The monoisotopic (exact) mass is 332 g/mol. The van der Waals surface area contributed by atoms with E-state index < -0.39 is 0 Å². The number of aliphatic imine (C=N–C) groups is 2. The molecule has 0 spiro atoms. The molecule has 1 saturated carbocycles. The molecular weight excluding hydrogens is 312 g/mol. The number of isocyanates is 2. The summed E-state index contributed by atoms with van der Waals surface area (Å²) in [6.07, 6.45) is 5.91. The molecule has 1 aliphatic rings. The van der Waals surface area contributed by atoms with Gasteiger partial charge in [0.05, 0.1) is 11.7 Å². The fourth-order valence-corrected chi connectivity index (χ4v) is 3.99. The Labute approximate surface area is 147 Å². The number of benzene rings is 2. The fraction of sp³-hybridized carbons (Fsp3) is 0.333. The lowest BCUT2D eigenvalue weighted by Gasteiger charge is -2.44. The Bertz CT molecular complexity index is 819. The quantitative estimate of drug-likeness (QED) is 0.607. The number of carbonyl (C=O) groups excluding carboxylic acids is 2. The van der Waals surface area contributed by atoms with Gasteiger partial charge in [-0.05, 0) is 53.9 Å². The standard InChI is InChI=1S/C21H20N2O2/c1-21(17-7-9-18(10-8-17)22-14-24)12-11-19(23-15-25)13-20(21)16-5-3-2-4-6-16/h2-10,19-20H,11-13H2,1H3. The van der Waals surface area contributed by atoms with E-state index in [2.05, 4.69) is 29.0 Å². The second kappa shape index (κ2) is 7.40. The smallest absolute Gasteiger partial charge is 0.211 e. The van der Waals surface area contributed by atoms with Crippen molar-refractivity contribution in [3.8, 4) is 0 Å². The van der Waals surface area contributed by atoms with Gasteiger partial charge in [0.25, 0.3) is 0 Å². The summed E-state index contributed by atoms with van der Waals surface area (Å²) in [5, 5.41) is 0. The highest BCUT2D eigenvalue weighted by atomic mass is 16.1. The molecule has 25 heavy (non-hydrogen) atoms. The number of nitrogens with zero attached hydrogens (tertiary/aromatic N) is 2. The molecule has 0 radical (unpaired) electrons. The average Bonchev–Trinajstić information content (AvgIpc) is 2.65. The highest BCUT2D eigenvalue weighted by Gasteiger charge is 2.42. The highest BCUT2D eigenvalue weighted by molar-refractivity contribution is 5.50. The van der Waals surface area contributed by atoms with E-state index in [-0.39, 0.29) is 17.4 Å². The molecule has 0 aliphatic heterocycles. The molecule has 0 N–H and O–H groups in total. The summed E-state index contributed by atoms with van der Waals surface area (Å²) >= 11 is 0. The SMILES string of the molecule is CC1(c2ccc(N=C=O)cc2)CCC(N=C=O)CC1c1ccccc1. The van der Waals surface area contributed by atoms with Gasteiger partial charge >= 0.3 is 0 Å². The van der Waals surface area contributed by atoms with Crippen LogP contribution < -0.4 is 0 Å². The summed E-state index contributed by atoms with van der Waals surface area (Å²) in [7, 11) is 0. The summed E-state index contributed by atoms with van der Waals surface area (Å²) in [6, 6.07) is 18.2. The minimum atomic E-state index is -0.0698. The lowest BCUT2D eigenvalue weighted by molar-refractivity contribution is 0.248. The van der Waals surface area contributed by atoms with Crippen molar-refractivity contribution in [3.05, 3.63) is 65.7 Å². The molecule has 0 bridgehead atoms. The summed E-state index contributed by atoms with van der Waals surface area (Å²) in [6.45, 7) is 2.27. The topological polar surface area (TPSA) is 58.9 Å². The van der Waals surface area contributed by atoms with Crippen LogP contribution in [0, 0.1) is 0 Å². The lowest BCUT2D eigenvalue weighted by Crippen LogP contribution is -2.37. The third-order valence-electron chi connectivity index (χ3n) is 5.41. The minimum Gasteiger partial charge on any atom is -0.211 e. The number of hydrogen-bond acceptors (Lipinski definition) is 4. The van der Waals surface area contributed by atoms with Crippen molar-refractivity contribution >= 4 is 17.8 Å². The van der Waals surface area contributed by atoms with E-state index in [0.717, 1.165) is 19.3 Å². The van der Waals surface area contributed by atoms with Crippen LogP contribution in [0.4, 0.5) is 5.69 Å². The Kier molecular flexibility index (Phi) is 5.04. The lowest BCUT2D eigenvalue weighted by atomic mass is 9.60. The van der Waals surface area contributed by atoms with Crippen LogP contribution in [0.3, 0.4) is 0 Å². The van der Waals surface area contributed by atoms with Gasteiger partial charge in [0, 0.05) is 0 Å². The van der Waals surface area contributed by atoms with Crippen molar-refractivity contribution in [1.82, 2.24) is 0 Å². The molecule has 3 unspecified atom stereocenters. The number of rotatable bonds is 4. The maximum Gasteiger partial charge on any atom is 0.240 e. The molecule has 0 aromatic heterocycles. The molecule has 4 nitrogen and oxygen atoms in total. The first-order chi connectivity index (χ1) is 12.2. The third-order valence-corrected chi connectivity index (χ3v) is 5.41. The van der Waals surface area contributed by atoms with E-state index in [4.69, 9.17) is 0 Å². The summed E-state index contributed by atoms with van der Waals surface area (Å²) in [4.78, 5) is 28.8. The normalized spacial score (nSPS) is 25.5. The summed E-state index contributed by atoms with van der Waals surface area (Å²) in [5.74, 6) is 0.255. The first kappa shape index (κ1) is 17.0. The molecule has 3 atom stereocenters. The molecule has 0 heterocycles. The Morgan fingerprint density at radius 1 is 1.00 bits per heavy atom. The van der Waals surface area contributed by atoms with Crippen molar-refractivity contribution in [2.75, 3.05) is 0 Å². The van der Waals surface area contributed by atoms with Crippen LogP contribution in [0.1, 0.15) is 43.2 Å². The molecule has 1 aliphatic carbocycles. The van der Waals surface area contributed by atoms with Gasteiger partial charge in [-0.1, -0.05) is 49.4 Å². The van der Waals surface area contributed by atoms with Gasteiger partial charge in [0.2, 0.25) is 12.2 Å². The second-order valence-electron chi connectivity index (χ2n) is 6.78. The van der Waals surface area contributed by atoms with Crippen LogP contribution in [0.15, 0.2) is 64.6 Å². The Morgan fingerprint density at radius 2 is 1.72 bits per heavy atom. The van der Waals surface area contributed by atoms with Gasteiger partial charge < -0.3 is 0 Å². The third kappa shape index (κ3) is 3.51. The molecule has 126 valence electrons. The van der Waals surface area contributed by atoms with E-state index in [9.17, 15) is 9.59 Å². The van der Waals surface area contributed by atoms with E-state index >= 15 is 0 Å².